The van der Waals surface area contributed by atoms with E-state index in [0.29, 0.717) is 12.8 Å². The van der Waals surface area contributed by atoms with Gasteiger partial charge < -0.3 is 20.5 Å². The normalized spacial score (nSPS) is 11.4. The minimum Gasteiger partial charge on any atom is -0.480 e. The zero-order chi connectivity index (χ0) is 13.3. The molecular weight excluding hydrogens is 228 g/mol. The second-order valence-corrected chi connectivity index (χ2v) is 3.41. The van der Waals surface area contributed by atoms with E-state index in [1.54, 1.807) is 0 Å². The van der Waals surface area contributed by atoms with Gasteiger partial charge in [0.1, 0.15) is 6.04 Å². The first-order valence-electron chi connectivity index (χ1n) is 5.35. The van der Waals surface area contributed by atoms with Crippen molar-refractivity contribution in [2.45, 2.75) is 32.2 Å². The molecule has 98 valence electrons. The molecule has 0 rings (SSSR count). The summed E-state index contributed by atoms with van der Waals surface area (Å²) < 4.78 is 4.39. The van der Waals surface area contributed by atoms with Gasteiger partial charge in [-0.25, -0.2) is 9.59 Å². The van der Waals surface area contributed by atoms with Crippen molar-refractivity contribution >= 4 is 18.0 Å². The van der Waals surface area contributed by atoms with Gasteiger partial charge >= 0.3 is 18.0 Å². The molecule has 1 unspecified atom stereocenters. The molecule has 2 amide bonds. The number of hydrogen-bond acceptors (Lipinski definition) is 4. The predicted octanol–water partition coefficient (Wildman–Crippen LogP) is 0.102. The number of hydrogen-bond donors (Lipinski definition) is 3. The van der Waals surface area contributed by atoms with Crippen LogP contribution in [0.5, 0.6) is 0 Å². The van der Waals surface area contributed by atoms with E-state index in [1.165, 1.54) is 7.11 Å². The lowest BCUT2D eigenvalue weighted by Crippen LogP contribution is -2.46. The van der Waals surface area contributed by atoms with Crippen LogP contribution in [0.2, 0.25) is 0 Å². The molecule has 0 bridgehead atoms. The maximum absolute atomic E-state index is 11.3. The first kappa shape index (κ1) is 15.2. The topological polar surface area (TPSA) is 105 Å². The smallest absolute Gasteiger partial charge is 0.326 e. The fourth-order valence-electron chi connectivity index (χ4n) is 1.14. The Hall–Kier alpha value is -1.79. The van der Waals surface area contributed by atoms with E-state index in [4.69, 9.17) is 5.11 Å². The lowest BCUT2D eigenvalue weighted by Gasteiger charge is -2.13. The standard InChI is InChI=1S/C10H18N2O5/c1-3-4-7(9(14)15)12-10(16)11-6-5-8(13)17-2/h7H,3-6H2,1-2H3,(H,14,15)(H2,11,12,16). The number of urea groups is 1. The van der Waals surface area contributed by atoms with Crippen LogP contribution in [0.25, 0.3) is 0 Å². The molecule has 1 atom stereocenters. The molecule has 0 saturated heterocycles. The Morgan fingerprint density at radius 3 is 2.47 bits per heavy atom. The monoisotopic (exact) mass is 246 g/mol. The molecule has 0 heterocycles. The van der Waals surface area contributed by atoms with Crippen LogP contribution in [-0.2, 0) is 14.3 Å². The third-order valence-electron chi connectivity index (χ3n) is 2.02. The third-order valence-corrected chi connectivity index (χ3v) is 2.02. The molecule has 0 aliphatic carbocycles. The Morgan fingerprint density at radius 2 is 2.00 bits per heavy atom. The molecule has 0 saturated carbocycles. The second-order valence-electron chi connectivity index (χ2n) is 3.41. The van der Waals surface area contributed by atoms with E-state index in [2.05, 4.69) is 15.4 Å². The lowest BCUT2D eigenvalue weighted by molar-refractivity contribution is -0.141. The molecule has 7 heteroatoms. The zero-order valence-electron chi connectivity index (χ0n) is 9.99. The van der Waals surface area contributed by atoms with E-state index in [1.807, 2.05) is 6.92 Å². The molecule has 0 aliphatic heterocycles. The average molecular weight is 246 g/mol. The molecule has 7 nitrogen and oxygen atoms in total. The summed E-state index contributed by atoms with van der Waals surface area (Å²) in [6.07, 6.45) is 1.06. The van der Waals surface area contributed by atoms with Gasteiger partial charge in [0.25, 0.3) is 0 Å². The van der Waals surface area contributed by atoms with Crippen molar-refractivity contribution in [1.29, 1.82) is 0 Å². The van der Waals surface area contributed by atoms with Crippen molar-refractivity contribution in [3.63, 3.8) is 0 Å². The molecule has 0 radical (unpaired) electrons. The van der Waals surface area contributed by atoms with Crippen LogP contribution in [0.1, 0.15) is 26.2 Å². The van der Waals surface area contributed by atoms with E-state index in [-0.39, 0.29) is 13.0 Å². The summed E-state index contributed by atoms with van der Waals surface area (Å²) in [6.45, 7) is 1.93. The number of carbonyl (C=O) groups excluding carboxylic acids is 2. The summed E-state index contributed by atoms with van der Waals surface area (Å²) in [5, 5.41) is 13.5. The highest BCUT2D eigenvalue weighted by molar-refractivity contribution is 5.82. The van der Waals surface area contributed by atoms with Crippen molar-refractivity contribution < 1.29 is 24.2 Å². The third kappa shape index (κ3) is 7.15. The maximum Gasteiger partial charge on any atom is 0.326 e. The highest BCUT2D eigenvalue weighted by Crippen LogP contribution is 1.96. The van der Waals surface area contributed by atoms with Gasteiger partial charge in [-0.05, 0) is 6.42 Å². The highest BCUT2D eigenvalue weighted by atomic mass is 16.5. The number of rotatable bonds is 7. The second kappa shape index (κ2) is 8.37. The van der Waals surface area contributed by atoms with Gasteiger partial charge in [0.15, 0.2) is 0 Å². The van der Waals surface area contributed by atoms with Crippen molar-refractivity contribution in [2.75, 3.05) is 13.7 Å². The Labute approximate surface area is 99.5 Å². The van der Waals surface area contributed by atoms with Crippen LogP contribution >= 0.6 is 0 Å². The van der Waals surface area contributed by atoms with Crippen LogP contribution in [0, 0.1) is 0 Å². The largest absolute Gasteiger partial charge is 0.480 e. The molecule has 3 N–H and O–H groups in total. The molecule has 0 aromatic heterocycles. The lowest BCUT2D eigenvalue weighted by atomic mass is 10.2. The van der Waals surface area contributed by atoms with Crippen molar-refractivity contribution in [3.05, 3.63) is 0 Å². The summed E-state index contributed by atoms with van der Waals surface area (Å²) in [5.74, 6) is -1.51. The molecule has 0 aliphatic rings. The quantitative estimate of drug-likeness (QED) is 0.553. The van der Waals surface area contributed by atoms with Gasteiger partial charge in [-0.1, -0.05) is 13.3 Å². The van der Waals surface area contributed by atoms with Gasteiger partial charge in [0.05, 0.1) is 13.5 Å². The van der Waals surface area contributed by atoms with Gasteiger partial charge in [-0.15, -0.1) is 0 Å². The minimum absolute atomic E-state index is 0.0510. The van der Waals surface area contributed by atoms with E-state index in [0.717, 1.165) is 0 Å². The highest BCUT2D eigenvalue weighted by Gasteiger charge is 2.18. The fourth-order valence-corrected chi connectivity index (χ4v) is 1.14. The van der Waals surface area contributed by atoms with Crippen LogP contribution in [0.15, 0.2) is 0 Å². The van der Waals surface area contributed by atoms with Crippen LogP contribution in [-0.4, -0.2) is 42.8 Å². The number of aliphatic carboxylic acids is 1. The summed E-state index contributed by atoms with van der Waals surface area (Å²) >= 11 is 0. The number of carboxylic acid groups (broad SMARTS) is 1. The summed E-state index contributed by atoms with van der Waals surface area (Å²) in [6, 6.07) is -1.51. The predicted molar refractivity (Wildman–Crippen MR) is 59.5 cm³/mol. The number of carboxylic acids is 1. The van der Waals surface area contributed by atoms with Crippen molar-refractivity contribution in [1.82, 2.24) is 10.6 Å². The summed E-state index contributed by atoms with van der Waals surface area (Å²) in [7, 11) is 1.25. The Balaban J connectivity index is 3.90. The van der Waals surface area contributed by atoms with Gasteiger partial charge in [0, 0.05) is 6.54 Å². The van der Waals surface area contributed by atoms with Gasteiger partial charge in [-0.3, -0.25) is 4.79 Å². The van der Waals surface area contributed by atoms with E-state index in [9.17, 15) is 14.4 Å². The first-order chi connectivity index (χ1) is 8.01. The molecule has 17 heavy (non-hydrogen) atoms. The Morgan fingerprint density at radius 1 is 1.35 bits per heavy atom. The average Bonchev–Trinajstić information content (AvgIpc) is 2.28. The van der Waals surface area contributed by atoms with Crippen molar-refractivity contribution in [2.24, 2.45) is 0 Å². The Bertz CT molecular complexity index is 280. The van der Waals surface area contributed by atoms with Gasteiger partial charge in [-0.2, -0.15) is 0 Å². The number of nitrogens with one attached hydrogen (secondary N) is 2. The zero-order valence-corrected chi connectivity index (χ0v) is 9.99. The number of methoxy groups -OCH3 is 1. The van der Waals surface area contributed by atoms with E-state index >= 15 is 0 Å². The first-order valence-corrected chi connectivity index (χ1v) is 5.35. The Kier molecular flexibility index (Phi) is 7.49. The molecule has 0 fully saturated rings. The van der Waals surface area contributed by atoms with Crippen molar-refractivity contribution in [3.8, 4) is 0 Å². The maximum atomic E-state index is 11.3. The van der Waals surface area contributed by atoms with Crippen LogP contribution < -0.4 is 10.6 Å². The fraction of sp³-hybridized carbons (Fsp3) is 0.700. The number of carbonyl (C=O) groups is 3. The van der Waals surface area contributed by atoms with Crippen LogP contribution in [0.4, 0.5) is 4.79 Å². The van der Waals surface area contributed by atoms with Gasteiger partial charge in [0.2, 0.25) is 0 Å². The molecule has 0 aromatic rings. The van der Waals surface area contributed by atoms with Crippen LogP contribution in [0.3, 0.4) is 0 Å². The summed E-state index contributed by atoms with van der Waals surface area (Å²) in [4.78, 5) is 32.7. The molecular formula is C10H18N2O5. The number of esters is 1. The molecule has 0 spiro atoms. The summed E-state index contributed by atoms with van der Waals surface area (Å²) in [5.41, 5.74) is 0. The van der Waals surface area contributed by atoms with E-state index < -0.39 is 24.0 Å². The number of amides is 2. The minimum atomic E-state index is -1.07. The SMILES string of the molecule is CCCC(NC(=O)NCCC(=O)OC)C(=O)O. The molecule has 0 aromatic carbocycles. The number of ether oxygens (including phenoxy) is 1.